The van der Waals surface area contributed by atoms with E-state index in [4.69, 9.17) is 22.2 Å². The lowest BCUT2D eigenvalue weighted by molar-refractivity contribution is -0.288. The highest BCUT2D eigenvalue weighted by Gasteiger charge is 2.69. The maximum Gasteiger partial charge on any atom is 0.473 e. The van der Waals surface area contributed by atoms with Crippen molar-refractivity contribution in [3.8, 4) is 0 Å². The van der Waals surface area contributed by atoms with Crippen molar-refractivity contribution in [2.24, 2.45) is 5.92 Å². The Labute approximate surface area is 211 Å². The summed E-state index contributed by atoms with van der Waals surface area (Å²) in [5.41, 5.74) is -2.36. The molecule has 0 aromatic rings. The molecule has 0 saturated heterocycles. The Balaban J connectivity index is 6.97. The summed E-state index contributed by atoms with van der Waals surface area (Å²) in [6, 6.07) is 0. The van der Waals surface area contributed by atoms with Crippen LogP contribution in [0.5, 0.6) is 0 Å². The van der Waals surface area contributed by atoms with E-state index in [1.807, 2.05) is 0 Å². The molecule has 0 heterocycles. The molecule has 1 unspecified atom stereocenters. The first-order valence-corrected chi connectivity index (χ1v) is 23.0. The fourth-order valence-electron chi connectivity index (χ4n) is 3.23. The average molecular weight is 603 g/mol. The van der Waals surface area contributed by atoms with Crippen molar-refractivity contribution in [3.05, 3.63) is 12.2 Å². The van der Waals surface area contributed by atoms with Gasteiger partial charge in [-0.3, -0.25) is 0 Å². The highest BCUT2D eigenvalue weighted by Crippen LogP contribution is 2.53. The second-order valence-corrected chi connectivity index (χ2v) is 28.1. The molecule has 1 atom stereocenters. The van der Waals surface area contributed by atoms with Gasteiger partial charge in [0.05, 0.1) is 12.1 Å². The van der Waals surface area contributed by atoms with Crippen LogP contribution < -0.4 is 0 Å². The minimum Gasteiger partial charge on any atom is -0.478 e. The van der Waals surface area contributed by atoms with Gasteiger partial charge in [-0.15, -0.1) is 0 Å². The third-order valence-electron chi connectivity index (χ3n) is 3.94. The molecular weight excluding hydrogens is 567 g/mol. The van der Waals surface area contributed by atoms with Gasteiger partial charge in [0, 0.05) is 12.2 Å². The number of carbonyl (C=O) groups excluding carboxylic acids is 1. The maximum atomic E-state index is 14.1. The van der Waals surface area contributed by atoms with E-state index in [0.717, 1.165) is 0 Å². The first-order chi connectivity index (χ1) is 15.7. The third kappa shape index (κ3) is 13.5. The fourth-order valence-corrected chi connectivity index (χ4v) is 18.2. The minimum atomic E-state index is -5.73. The Morgan fingerprint density at radius 3 is 1.39 bits per heavy atom. The Bertz CT molecular complexity index is 729. The van der Waals surface area contributed by atoms with Gasteiger partial charge in [0.25, 0.3) is 0 Å². The van der Waals surface area contributed by atoms with Crippen LogP contribution in [-0.2, 0) is 26.7 Å². The van der Waals surface area contributed by atoms with Crippen LogP contribution in [0.1, 0.15) is 6.42 Å². The number of hydrogen-bond donors (Lipinski definition) is 1. The highest BCUT2D eigenvalue weighted by molar-refractivity contribution is 6.90. The first-order valence-electron chi connectivity index (χ1n) is 11.0. The number of carboxylic acids is 1. The molecule has 1 N–H and O–H groups in total. The Morgan fingerprint density at radius 1 is 0.750 bits per heavy atom. The fraction of sp³-hybridized carbons (Fsp3) is 0.789. The van der Waals surface area contributed by atoms with E-state index in [1.54, 1.807) is 58.9 Å². The monoisotopic (exact) mass is 602 g/mol. The lowest BCUT2D eigenvalue weighted by Gasteiger charge is -2.48. The van der Waals surface area contributed by atoms with Crippen LogP contribution in [0.3, 0.4) is 0 Å². The molecule has 0 aliphatic heterocycles. The van der Waals surface area contributed by atoms with E-state index in [2.05, 4.69) is 0 Å². The summed E-state index contributed by atoms with van der Waals surface area (Å²) in [4.78, 5) is 22.3. The van der Waals surface area contributed by atoms with Crippen molar-refractivity contribution in [1.29, 1.82) is 0 Å². The van der Waals surface area contributed by atoms with Gasteiger partial charge in [-0.25, -0.2) is 9.59 Å². The zero-order valence-electron chi connectivity index (χ0n) is 21.9. The Hall–Kier alpha value is -0.992. The number of rotatable bonds is 13. The van der Waals surface area contributed by atoms with Gasteiger partial charge in [-0.05, 0) is 65.3 Å². The smallest absolute Gasteiger partial charge is 0.473 e. The van der Waals surface area contributed by atoms with Gasteiger partial charge < -0.3 is 22.2 Å². The number of carbonyl (C=O) groups is 2. The number of halogens is 6. The second-order valence-electron chi connectivity index (χ2n) is 11.0. The van der Waals surface area contributed by atoms with Crippen LogP contribution in [0.2, 0.25) is 64.5 Å². The van der Waals surface area contributed by atoms with E-state index in [-0.39, 0.29) is 0 Å². The van der Waals surface area contributed by atoms with Gasteiger partial charge in [-0.1, -0.05) is 0 Å². The molecule has 17 heteroatoms. The van der Waals surface area contributed by atoms with Crippen molar-refractivity contribution < 1.29 is 58.1 Å². The molecule has 0 aromatic carbocycles. The predicted octanol–water partition coefficient (Wildman–Crippen LogP) is 6.16. The topological polar surface area (TPSA) is 91.3 Å². The molecule has 0 amide bonds. The zero-order chi connectivity index (χ0) is 29.0. The summed E-state index contributed by atoms with van der Waals surface area (Å²) in [5.74, 6) is -6.59. The van der Waals surface area contributed by atoms with Gasteiger partial charge >= 0.3 is 33.1 Å². The Morgan fingerprint density at radius 2 is 1.11 bits per heavy atom. The van der Waals surface area contributed by atoms with Gasteiger partial charge in [0.2, 0.25) is 0 Å². The number of hydrogen-bond acceptors (Lipinski definition) is 6. The number of aliphatic carboxylic acids is 1. The van der Waals surface area contributed by atoms with Gasteiger partial charge in [-0.2, -0.15) is 26.3 Å². The second kappa shape index (κ2) is 12.2. The number of ether oxygens (including phenoxy) is 1. The number of carboxylic acid groups (broad SMARTS) is 1. The van der Waals surface area contributed by atoms with Crippen molar-refractivity contribution in [1.82, 2.24) is 0 Å². The summed E-state index contributed by atoms with van der Waals surface area (Å²) >= 11 is 0. The summed E-state index contributed by atoms with van der Waals surface area (Å²) in [7, 11) is -13.4. The molecule has 0 saturated carbocycles. The number of alkyl halides is 6. The van der Waals surface area contributed by atoms with Crippen LogP contribution >= 0.6 is 0 Å². The molecule has 7 nitrogen and oxygen atoms in total. The molecule has 0 aliphatic rings. The molecule has 0 bridgehead atoms. The van der Waals surface area contributed by atoms with Gasteiger partial charge in [0.15, 0.2) is 30.9 Å². The molecule has 36 heavy (non-hydrogen) atoms. The molecule has 0 aliphatic carbocycles. The lowest BCUT2D eigenvalue weighted by Crippen LogP contribution is -2.66. The molecule has 0 aromatic heterocycles. The van der Waals surface area contributed by atoms with Crippen LogP contribution in [0.25, 0.3) is 0 Å². The van der Waals surface area contributed by atoms with Crippen LogP contribution in [0.15, 0.2) is 12.2 Å². The summed E-state index contributed by atoms with van der Waals surface area (Å²) in [5, 5.41) is 8.58. The SMILES string of the molecule is C[Si](C)(C)O[Si](O[Si](C)(C)C)(O[Si](C)(C)C)C(CCOC(=O)C=CC(=O)O)C(C(F)(F)F)C(F)(F)F. The van der Waals surface area contributed by atoms with Crippen molar-refractivity contribution in [2.75, 3.05) is 6.61 Å². The van der Waals surface area contributed by atoms with Crippen LogP contribution in [-0.4, -0.2) is 69.8 Å². The average Bonchev–Trinajstić information content (AvgIpc) is 2.51. The minimum absolute atomic E-state index is 0.435. The van der Waals surface area contributed by atoms with E-state index in [0.29, 0.717) is 12.2 Å². The molecule has 0 radical (unpaired) electrons. The maximum absolute atomic E-state index is 14.1. The molecule has 0 fully saturated rings. The van der Waals surface area contributed by atoms with Crippen LogP contribution in [0.4, 0.5) is 26.3 Å². The van der Waals surface area contributed by atoms with Crippen molar-refractivity contribution in [3.63, 3.8) is 0 Å². The molecule has 212 valence electrons. The third-order valence-corrected chi connectivity index (χ3v) is 16.2. The summed E-state index contributed by atoms with van der Waals surface area (Å²) in [6.07, 6.45) is -11.5. The largest absolute Gasteiger partial charge is 0.478 e. The number of esters is 1. The summed E-state index contributed by atoms with van der Waals surface area (Å²) < 4.78 is 108. The Kier molecular flexibility index (Phi) is 11.9. The van der Waals surface area contributed by atoms with E-state index < -0.39 is 82.5 Å². The predicted molar refractivity (Wildman–Crippen MR) is 131 cm³/mol. The molecule has 0 spiro atoms. The highest BCUT2D eigenvalue weighted by atomic mass is 28.5. The van der Waals surface area contributed by atoms with Crippen molar-refractivity contribution in [2.45, 2.75) is 83.2 Å². The summed E-state index contributed by atoms with van der Waals surface area (Å²) in [6.45, 7) is 13.6. The first kappa shape index (κ1) is 35.0. The molecule has 0 rings (SSSR count). The standard InChI is InChI=1S/C19H36F6O7Si4/c1-33(2,3)30-36(31-34(4,5)6,32-35(7,8)9)14(17(18(20,21)22)19(23,24)25)12-13-29-16(28)11-10-15(26)27/h10-11,14,17H,12-13H2,1-9H3,(H,26,27). The lowest BCUT2D eigenvalue weighted by atomic mass is 10.0. The zero-order valence-corrected chi connectivity index (χ0v) is 25.9. The van der Waals surface area contributed by atoms with E-state index in [9.17, 15) is 35.9 Å². The molecular formula is C19H36F6O7Si4. The normalized spacial score (nSPS) is 15.4. The van der Waals surface area contributed by atoms with Gasteiger partial charge in [0.1, 0.15) is 0 Å². The van der Waals surface area contributed by atoms with Crippen LogP contribution in [0, 0.1) is 5.92 Å². The van der Waals surface area contributed by atoms with E-state index >= 15 is 0 Å². The quantitative estimate of drug-likeness (QED) is 0.117. The van der Waals surface area contributed by atoms with E-state index in [1.165, 1.54) is 0 Å². The van der Waals surface area contributed by atoms with Crippen molar-refractivity contribution >= 4 is 45.7 Å².